The van der Waals surface area contributed by atoms with Crippen LogP contribution in [-0.4, -0.2) is 138 Å². The summed E-state index contributed by atoms with van der Waals surface area (Å²) in [6.45, 7) is -1.55. The summed E-state index contributed by atoms with van der Waals surface area (Å²) < 4.78 is 14.0. The van der Waals surface area contributed by atoms with Gasteiger partial charge in [0.05, 0.1) is 5.41 Å². The number of carbonyl (C=O) groups excluding carboxylic acids is 3. The predicted octanol–water partition coefficient (Wildman–Crippen LogP) is -5.57. The van der Waals surface area contributed by atoms with Crippen LogP contribution in [0.1, 0.15) is 13.3 Å². The molecule has 0 aromatic rings. The average molecular weight is 530 g/mol. The number of carbonyl (C=O) groups is 6. The molecule has 0 radical (unpaired) electrons. The van der Waals surface area contributed by atoms with Crippen molar-refractivity contribution in [2.75, 3.05) is 19.8 Å². The fourth-order valence-electron chi connectivity index (χ4n) is 2.15. The minimum atomic E-state index is -2.59. The third-order valence-corrected chi connectivity index (χ3v) is 4.69. The second-order valence-corrected chi connectivity index (χ2v) is 7.36. The molecule has 6 unspecified atom stereocenters. The van der Waals surface area contributed by atoms with Crippen molar-refractivity contribution in [3.63, 3.8) is 0 Å². The van der Waals surface area contributed by atoms with E-state index in [2.05, 4.69) is 14.2 Å². The molecule has 18 nitrogen and oxygen atoms in total. The summed E-state index contributed by atoms with van der Waals surface area (Å²) in [5.41, 5.74) is -1.82. The quantitative estimate of drug-likeness (QED) is 0.0663. The zero-order valence-corrected chi connectivity index (χ0v) is 18.5. The van der Waals surface area contributed by atoms with Crippen molar-refractivity contribution in [2.45, 2.75) is 50.0 Å². The van der Waals surface area contributed by atoms with Crippen molar-refractivity contribution in [1.29, 1.82) is 0 Å². The molecular formula is C18H26O18. The summed E-state index contributed by atoms with van der Waals surface area (Å²) in [6.07, 6.45) is -15.8. The van der Waals surface area contributed by atoms with Crippen LogP contribution in [0.4, 0.5) is 0 Å². The Balaban J connectivity index is 5.66. The fourth-order valence-corrected chi connectivity index (χ4v) is 2.15. The molecule has 18 heteroatoms. The minimum absolute atomic E-state index is 0.256. The first-order valence-electron chi connectivity index (χ1n) is 9.78. The molecule has 0 saturated heterocycles. The van der Waals surface area contributed by atoms with E-state index in [1.54, 1.807) is 0 Å². The van der Waals surface area contributed by atoms with E-state index >= 15 is 0 Å². The van der Waals surface area contributed by atoms with Crippen LogP contribution in [0.5, 0.6) is 0 Å². The number of hydrogen-bond donors (Lipinski definition) is 9. The third kappa shape index (κ3) is 9.32. The Morgan fingerprint density at radius 3 is 0.917 bits per heavy atom. The maximum absolute atomic E-state index is 11.9. The number of aliphatic hydroxyl groups is 6. The molecule has 0 saturated carbocycles. The molecule has 9 N–H and O–H groups in total. The highest BCUT2D eigenvalue weighted by Crippen LogP contribution is 2.25. The number of carboxylic acids is 3. The van der Waals surface area contributed by atoms with E-state index in [-0.39, 0.29) is 6.42 Å². The van der Waals surface area contributed by atoms with Crippen LogP contribution < -0.4 is 0 Å². The second kappa shape index (κ2) is 14.2. The number of carboxylic acid groups (broad SMARTS) is 3. The Bertz CT molecular complexity index is 720. The molecule has 0 rings (SSSR count). The van der Waals surface area contributed by atoms with E-state index in [9.17, 15) is 59.4 Å². The lowest BCUT2D eigenvalue weighted by Crippen LogP contribution is -2.47. The normalized spacial score (nSPS) is 17.8. The zero-order chi connectivity index (χ0) is 28.4. The molecule has 0 aromatic carbocycles. The maximum Gasteiger partial charge on any atom is 0.338 e. The summed E-state index contributed by atoms with van der Waals surface area (Å²) in [6, 6.07) is 0. The standard InChI is InChI=1S/C18H26O18/c1-2-18(3-34-15(31)9(22)6(19)12(25)26,4-35-16(32)10(23)7(20)13(27)28)5-36-17(33)11(24)8(21)14(29)30/h6-11,19-24H,2-5H2,1H3,(H,25,26)(H,27,28)(H,29,30). The van der Waals surface area contributed by atoms with Gasteiger partial charge in [0.2, 0.25) is 0 Å². The van der Waals surface area contributed by atoms with E-state index in [1.807, 2.05) is 0 Å². The van der Waals surface area contributed by atoms with E-state index in [1.165, 1.54) is 6.92 Å². The highest BCUT2D eigenvalue weighted by atomic mass is 16.6. The number of aliphatic hydroxyl groups excluding tert-OH is 6. The highest BCUT2D eigenvalue weighted by molar-refractivity contribution is 5.85. The van der Waals surface area contributed by atoms with Gasteiger partial charge < -0.3 is 60.2 Å². The SMILES string of the molecule is CCC(COC(=O)C(O)C(O)C(=O)O)(COC(=O)C(O)C(O)C(=O)O)COC(=O)C(O)C(O)C(=O)O. The zero-order valence-electron chi connectivity index (χ0n) is 18.5. The summed E-state index contributed by atoms with van der Waals surface area (Å²) in [5, 5.41) is 82.2. The molecule has 0 bridgehead atoms. The summed E-state index contributed by atoms with van der Waals surface area (Å²) >= 11 is 0. The first kappa shape index (κ1) is 32.6. The van der Waals surface area contributed by atoms with Crippen molar-refractivity contribution in [3.8, 4) is 0 Å². The monoisotopic (exact) mass is 530 g/mol. The van der Waals surface area contributed by atoms with Gasteiger partial charge in [-0.3, -0.25) is 0 Å². The van der Waals surface area contributed by atoms with Gasteiger partial charge in [0.25, 0.3) is 0 Å². The van der Waals surface area contributed by atoms with Crippen LogP contribution in [0.15, 0.2) is 0 Å². The largest absolute Gasteiger partial charge is 0.479 e. The van der Waals surface area contributed by atoms with Crippen LogP contribution in [0.3, 0.4) is 0 Å². The van der Waals surface area contributed by atoms with Gasteiger partial charge in [-0.1, -0.05) is 6.92 Å². The summed E-state index contributed by atoms with van der Waals surface area (Å²) in [5.74, 6) is -11.0. The first-order valence-corrected chi connectivity index (χ1v) is 9.78. The number of esters is 3. The van der Waals surface area contributed by atoms with Gasteiger partial charge in [-0.2, -0.15) is 0 Å². The van der Waals surface area contributed by atoms with Crippen LogP contribution in [-0.2, 0) is 43.0 Å². The lowest BCUT2D eigenvalue weighted by atomic mass is 9.88. The number of hydrogen-bond acceptors (Lipinski definition) is 15. The summed E-state index contributed by atoms with van der Waals surface area (Å²) in [7, 11) is 0. The molecule has 0 aliphatic carbocycles. The molecule has 0 aromatic heterocycles. The van der Waals surface area contributed by atoms with Gasteiger partial charge in [-0.05, 0) is 6.42 Å². The van der Waals surface area contributed by atoms with Gasteiger partial charge in [-0.15, -0.1) is 0 Å². The van der Waals surface area contributed by atoms with Crippen LogP contribution >= 0.6 is 0 Å². The second-order valence-electron chi connectivity index (χ2n) is 7.36. The van der Waals surface area contributed by atoms with Crippen LogP contribution in [0.25, 0.3) is 0 Å². The van der Waals surface area contributed by atoms with E-state index in [0.717, 1.165) is 0 Å². The van der Waals surface area contributed by atoms with E-state index in [0.29, 0.717) is 0 Å². The summed E-state index contributed by atoms with van der Waals surface area (Å²) in [4.78, 5) is 67.7. The van der Waals surface area contributed by atoms with Crippen molar-refractivity contribution in [3.05, 3.63) is 0 Å². The molecule has 0 aliphatic rings. The Hall–Kier alpha value is -3.42. The lowest BCUT2D eigenvalue weighted by molar-refractivity contribution is -0.184. The van der Waals surface area contributed by atoms with Gasteiger partial charge in [0.1, 0.15) is 19.8 Å². The van der Waals surface area contributed by atoms with E-state index in [4.69, 9.17) is 15.3 Å². The van der Waals surface area contributed by atoms with E-state index < -0.39 is 97.7 Å². The maximum atomic E-state index is 11.9. The Morgan fingerprint density at radius 1 is 0.528 bits per heavy atom. The Labute approximate surface area is 200 Å². The van der Waals surface area contributed by atoms with Gasteiger partial charge in [0.15, 0.2) is 36.6 Å². The first-order chi connectivity index (χ1) is 16.5. The lowest BCUT2D eigenvalue weighted by Gasteiger charge is -2.32. The van der Waals surface area contributed by atoms with Gasteiger partial charge >= 0.3 is 35.8 Å². The van der Waals surface area contributed by atoms with Crippen molar-refractivity contribution in [1.82, 2.24) is 0 Å². The molecule has 6 atom stereocenters. The van der Waals surface area contributed by atoms with Gasteiger partial charge in [-0.25, -0.2) is 28.8 Å². The van der Waals surface area contributed by atoms with Crippen molar-refractivity contribution in [2.24, 2.45) is 5.41 Å². The van der Waals surface area contributed by atoms with Crippen LogP contribution in [0.2, 0.25) is 0 Å². The minimum Gasteiger partial charge on any atom is -0.479 e. The van der Waals surface area contributed by atoms with Gasteiger partial charge in [0, 0.05) is 0 Å². The molecule has 0 amide bonds. The predicted molar refractivity (Wildman–Crippen MR) is 105 cm³/mol. The topological polar surface area (TPSA) is 312 Å². The molecule has 0 aliphatic heterocycles. The Morgan fingerprint density at radius 2 is 0.750 bits per heavy atom. The molecule has 36 heavy (non-hydrogen) atoms. The molecule has 0 heterocycles. The van der Waals surface area contributed by atoms with Crippen molar-refractivity contribution >= 4 is 35.8 Å². The third-order valence-electron chi connectivity index (χ3n) is 4.69. The molecule has 206 valence electrons. The number of ether oxygens (including phenoxy) is 3. The molecule has 0 spiro atoms. The fraction of sp³-hybridized carbons (Fsp3) is 0.667. The number of rotatable bonds is 16. The molecule has 0 fully saturated rings. The average Bonchev–Trinajstić information content (AvgIpc) is 2.84. The Kier molecular flexibility index (Phi) is 12.9. The smallest absolute Gasteiger partial charge is 0.338 e. The molecular weight excluding hydrogens is 504 g/mol. The highest BCUT2D eigenvalue weighted by Gasteiger charge is 2.40. The van der Waals surface area contributed by atoms with Crippen molar-refractivity contribution < 1.29 is 88.9 Å². The number of aliphatic carboxylic acids is 3. The van der Waals surface area contributed by atoms with Crippen LogP contribution in [0, 0.1) is 5.41 Å².